The molecule has 0 rings (SSSR count). The molecule has 0 aromatic rings. The maximum absolute atomic E-state index is 11.5. The van der Waals surface area contributed by atoms with E-state index in [-0.39, 0.29) is 38.4 Å². The van der Waals surface area contributed by atoms with Gasteiger partial charge < -0.3 is 45.0 Å². The molecule has 0 fully saturated rings. The lowest BCUT2D eigenvalue weighted by atomic mass is 10.4. The highest BCUT2D eigenvalue weighted by atomic mass is 16.5. The zero-order valence-corrected chi connectivity index (χ0v) is 20.1. The molecule has 0 saturated heterocycles. The molecule has 200 valence electrons. The van der Waals surface area contributed by atoms with Crippen molar-refractivity contribution >= 4 is 24.0 Å². The lowest BCUT2D eigenvalue weighted by molar-refractivity contribution is -0.138. The van der Waals surface area contributed by atoms with Crippen molar-refractivity contribution in [3.8, 4) is 0 Å². The summed E-state index contributed by atoms with van der Waals surface area (Å²) in [6.45, 7) is 10.8. The molecule has 0 aliphatic carbocycles. The van der Waals surface area contributed by atoms with Crippen LogP contribution in [0.5, 0.6) is 0 Å². The summed E-state index contributed by atoms with van der Waals surface area (Å²) in [6.07, 6.45) is 3.42. The van der Waals surface area contributed by atoms with E-state index in [2.05, 4.69) is 34.4 Å². The van der Waals surface area contributed by atoms with E-state index < -0.39 is 11.9 Å². The van der Waals surface area contributed by atoms with Gasteiger partial charge in [-0.2, -0.15) is 0 Å². The van der Waals surface area contributed by atoms with Crippen LogP contribution in [-0.2, 0) is 33.3 Å². The van der Waals surface area contributed by atoms with Crippen LogP contribution in [0.25, 0.3) is 0 Å². The summed E-state index contributed by atoms with van der Waals surface area (Å²) in [5, 5.41) is 10.4. The van der Waals surface area contributed by atoms with Gasteiger partial charge in [0.15, 0.2) is 0 Å². The second kappa shape index (κ2) is 24.0. The summed E-state index contributed by atoms with van der Waals surface area (Å²) in [5.74, 6) is -1.06. The van der Waals surface area contributed by atoms with Gasteiger partial charge in [0, 0.05) is 38.5 Å². The van der Waals surface area contributed by atoms with E-state index in [0.717, 1.165) is 12.2 Å². The number of nitrogens with one attached hydrogen (secondary N) is 4. The SMILES string of the molecule is C=CC(=O)OCCNC(=O)NCCCOCCOCCOCCCNC(=O)NCCOC(=O)C=C. The molecule has 0 spiro atoms. The van der Waals surface area contributed by atoms with Gasteiger partial charge in [0.05, 0.1) is 39.5 Å². The zero-order valence-electron chi connectivity index (χ0n) is 20.1. The molecule has 0 atom stereocenters. The average Bonchev–Trinajstić information content (AvgIpc) is 2.86. The van der Waals surface area contributed by atoms with Crippen LogP contribution in [0.1, 0.15) is 12.8 Å². The largest absolute Gasteiger partial charge is 0.461 e. The first-order chi connectivity index (χ1) is 17.0. The fourth-order valence-corrected chi connectivity index (χ4v) is 2.17. The van der Waals surface area contributed by atoms with Gasteiger partial charge in [-0.1, -0.05) is 13.2 Å². The van der Waals surface area contributed by atoms with Crippen molar-refractivity contribution in [3.63, 3.8) is 0 Å². The molecule has 0 unspecified atom stereocenters. The van der Waals surface area contributed by atoms with Gasteiger partial charge in [0.25, 0.3) is 0 Å². The molecule has 4 N–H and O–H groups in total. The van der Waals surface area contributed by atoms with Crippen molar-refractivity contribution < 1.29 is 42.9 Å². The smallest absolute Gasteiger partial charge is 0.330 e. The Labute approximate surface area is 205 Å². The van der Waals surface area contributed by atoms with Gasteiger partial charge in [-0.25, -0.2) is 19.2 Å². The number of carbonyl (C=O) groups is 4. The third kappa shape index (κ3) is 23.8. The maximum atomic E-state index is 11.5. The third-order valence-electron chi connectivity index (χ3n) is 3.84. The Balaban J connectivity index is 3.26. The second-order valence-corrected chi connectivity index (χ2v) is 6.65. The fraction of sp³-hybridized carbons (Fsp3) is 0.636. The van der Waals surface area contributed by atoms with Crippen LogP contribution < -0.4 is 21.3 Å². The molecule has 35 heavy (non-hydrogen) atoms. The molecule has 0 saturated carbocycles. The number of rotatable bonds is 22. The molecule has 0 bridgehead atoms. The van der Waals surface area contributed by atoms with Crippen LogP contribution in [0, 0.1) is 0 Å². The molecule has 0 aliphatic rings. The number of amides is 4. The zero-order chi connectivity index (χ0) is 26.0. The minimum absolute atomic E-state index is 0.0849. The topological polar surface area (TPSA) is 163 Å². The van der Waals surface area contributed by atoms with Crippen molar-refractivity contribution in [1.29, 1.82) is 0 Å². The minimum atomic E-state index is -0.531. The van der Waals surface area contributed by atoms with Crippen molar-refractivity contribution in [3.05, 3.63) is 25.3 Å². The Bertz CT molecular complexity index is 580. The summed E-state index contributed by atoms with van der Waals surface area (Å²) >= 11 is 0. The number of ether oxygens (including phenoxy) is 5. The lowest BCUT2D eigenvalue weighted by Crippen LogP contribution is -2.38. The van der Waals surface area contributed by atoms with Gasteiger partial charge in [-0.3, -0.25) is 0 Å². The van der Waals surface area contributed by atoms with E-state index in [4.69, 9.17) is 23.7 Å². The highest BCUT2D eigenvalue weighted by Crippen LogP contribution is 1.86. The van der Waals surface area contributed by atoms with E-state index in [9.17, 15) is 19.2 Å². The Morgan fingerprint density at radius 2 is 0.857 bits per heavy atom. The Hall–Kier alpha value is -3.16. The van der Waals surface area contributed by atoms with Gasteiger partial charge in [0.2, 0.25) is 0 Å². The van der Waals surface area contributed by atoms with Crippen LogP contribution in [0.3, 0.4) is 0 Å². The van der Waals surface area contributed by atoms with E-state index in [1.54, 1.807) is 0 Å². The summed E-state index contributed by atoms with van der Waals surface area (Å²) in [4.78, 5) is 44.6. The van der Waals surface area contributed by atoms with E-state index in [1.165, 1.54) is 0 Å². The molecular formula is C22H38N4O9. The lowest BCUT2D eigenvalue weighted by Gasteiger charge is -2.09. The average molecular weight is 503 g/mol. The van der Waals surface area contributed by atoms with Gasteiger partial charge >= 0.3 is 24.0 Å². The Kier molecular flexibility index (Phi) is 21.8. The van der Waals surface area contributed by atoms with Crippen LogP contribution in [0.15, 0.2) is 25.3 Å². The van der Waals surface area contributed by atoms with Crippen molar-refractivity contribution in [1.82, 2.24) is 21.3 Å². The summed E-state index contributed by atoms with van der Waals surface area (Å²) < 4.78 is 25.7. The molecule has 13 heteroatoms. The van der Waals surface area contributed by atoms with E-state index in [1.807, 2.05) is 0 Å². The normalized spacial score (nSPS) is 10.1. The van der Waals surface area contributed by atoms with Crippen molar-refractivity contribution in [2.45, 2.75) is 12.8 Å². The number of hydrogen-bond donors (Lipinski definition) is 4. The van der Waals surface area contributed by atoms with Gasteiger partial charge in [0.1, 0.15) is 13.2 Å². The van der Waals surface area contributed by atoms with E-state index in [0.29, 0.717) is 65.6 Å². The standard InChI is InChI=1S/C22H38N4O9/c1-3-19(27)34-13-9-25-21(29)23-7-5-11-31-15-17-33-18-16-32-12-6-8-24-22(30)26-10-14-35-20(28)4-2/h3-4H,1-2,5-18H2,(H2,23,25,29)(H2,24,26,30). The Morgan fingerprint density at radius 3 is 1.23 bits per heavy atom. The predicted molar refractivity (Wildman–Crippen MR) is 127 cm³/mol. The first kappa shape index (κ1) is 31.8. The number of esters is 2. The summed E-state index contributed by atoms with van der Waals surface area (Å²) in [6, 6.07) is -0.684. The van der Waals surface area contributed by atoms with Crippen LogP contribution in [-0.4, -0.2) is 103 Å². The molecule has 0 radical (unpaired) electrons. The molecule has 0 heterocycles. The molecule has 0 aromatic heterocycles. The summed E-state index contributed by atoms with van der Waals surface area (Å²) in [5.41, 5.74) is 0. The maximum Gasteiger partial charge on any atom is 0.330 e. The predicted octanol–water partition coefficient (Wildman–Crippen LogP) is -0.127. The number of hydrogen-bond acceptors (Lipinski definition) is 9. The van der Waals surface area contributed by atoms with Crippen molar-refractivity contribution in [2.24, 2.45) is 0 Å². The molecule has 0 aliphatic heterocycles. The highest BCUT2D eigenvalue weighted by Gasteiger charge is 2.01. The minimum Gasteiger partial charge on any atom is -0.461 e. The first-order valence-electron chi connectivity index (χ1n) is 11.3. The molecule has 13 nitrogen and oxygen atoms in total. The molecule has 4 amide bonds. The van der Waals surface area contributed by atoms with Gasteiger partial charge in [-0.05, 0) is 12.8 Å². The number of urea groups is 2. The molecular weight excluding hydrogens is 464 g/mol. The quantitative estimate of drug-likeness (QED) is 0.0897. The third-order valence-corrected chi connectivity index (χ3v) is 3.84. The first-order valence-corrected chi connectivity index (χ1v) is 11.3. The van der Waals surface area contributed by atoms with Crippen LogP contribution in [0.2, 0.25) is 0 Å². The fourth-order valence-electron chi connectivity index (χ4n) is 2.17. The van der Waals surface area contributed by atoms with Crippen molar-refractivity contribution in [2.75, 3.05) is 79.0 Å². The van der Waals surface area contributed by atoms with Crippen LogP contribution >= 0.6 is 0 Å². The second-order valence-electron chi connectivity index (χ2n) is 6.65. The number of carbonyl (C=O) groups excluding carboxylic acids is 4. The van der Waals surface area contributed by atoms with Crippen LogP contribution in [0.4, 0.5) is 9.59 Å². The van der Waals surface area contributed by atoms with Gasteiger partial charge in [-0.15, -0.1) is 0 Å². The monoisotopic (exact) mass is 502 g/mol. The van der Waals surface area contributed by atoms with E-state index >= 15 is 0 Å². The molecule has 0 aromatic carbocycles. The Morgan fingerprint density at radius 1 is 0.514 bits per heavy atom. The summed E-state index contributed by atoms with van der Waals surface area (Å²) in [7, 11) is 0. The highest BCUT2D eigenvalue weighted by molar-refractivity contribution is 5.81.